The van der Waals surface area contributed by atoms with Crippen molar-refractivity contribution in [2.24, 2.45) is 0 Å². The maximum absolute atomic E-state index is 14.0. The number of carbonyl (C=O) groups excluding carboxylic acids is 1. The quantitative estimate of drug-likeness (QED) is 0.944. The normalized spacial score (nSPS) is 15.3. The lowest BCUT2D eigenvalue weighted by molar-refractivity contribution is 0.0618. The molecule has 1 aromatic carbocycles. The first kappa shape index (κ1) is 15.6. The van der Waals surface area contributed by atoms with Crippen LogP contribution < -0.4 is 5.32 Å². The van der Waals surface area contributed by atoms with Gasteiger partial charge in [0.1, 0.15) is 5.82 Å². The number of benzene rings is 1. The summed E-state index contributed by atoms with van der Waals surface area (Å²) in [5.41, 5.74) is 1.09. The highest BCUT2D eigenvalue weighted by Gasteiger charge is 2.28. The van der Waals surface area contributed by atoms with Crippen LogP contribution in [-0.4, -0.2) is 34.9 Å². The zero-order valence-corrected chi connectivity index (χ0v) is 12.9. The van der Waals surface area contributed by atoms with Crippen molar-refractivity contribution in [3.63, 3.8) is 0 Å². The van der Waals surface area contributed by atoms with Crippen molar-refractivity contribution in [2.45, 2.75) is 25.4 Å². The van der Waals surface area contributed by atoms with Crippen molar-refractivity contribution in [1.29, 1.82) is 0 Å². The minimum absolute atomic E-state index is 0.0435. The van der Waals surface area contributed by atoms with E-state index in [1.165, 1.54) is 18.5 Å². The molecule has 2 heterocycles. The standard InChI is InChI=1S/C18H20FN3O/c19-17-8-11-21-12-16(17)18(23)22(15-6-9-20-10-7-15)13-14-4-2-1-3-5-14/h1-5,8,11-12,15,20H,6-7,9-10,13H2. The Labute approximate surface area is 135 Å². The van der Waals surface area contributed by atoms with E-state index in [1.54, 1.807) is 4.90 Å². The van der Waals surface area contributed by atoms with Gasteiger partial charge in [-0.15, -0.1) is 0 Å². The molecule has 23 heavy (non-hydrogen) atoms. The summed E-state index contributed by atoms with van der Waals surface area (Å²) >= 11 is 0. The average Bonchev–Trinajstić information content (AvgIpc) is 2.61. The third kappa shape index (κ3) is 3.74. The Kier molecular flexibility index (Phi) is 4.98. The second kappa shape index (κ2) is 7.33. The van der Waals surface area contributed by atoms with E-state index in [0.29, 0.717) is 6.54 Å². The largest absolute Gasteiger partial charge is 0.331 e. The van der Waals surface area contributed by atoms with Crippen molar-refractivity contribution in [1.82, 2.24) is 15.2 Å². The summed E-state index contributed by atoms with van der Waals surface area (Å²) in [5, 5.41) is 3.30. The van der Waals surface area contributed by atoms with Gasteiger partial charge in [0, 0.05) is 25.0 Å². The first-order valence-electron chi connectivity index (χ1n) is 7.91. The predicted octanol–water partition coefficient (Wildman–Crippen LogP) is 2.62. The van der Waals surface area contributed by atoms with Gasteiger partial charge in [0.2, 0.25) is 0 Å². The lowest BCUT2D eigenvalue weighted by Crippen LogP contribution is -2.46. The summed E-state index contributed by atoms with van der Waals surface area (Å²) in [6.07, 6.45) is 4.43. The molecule has 1 fully saturated rings. The minimum atomic E-state index is -0.517. The maximum Gasteiger partial charge on any atom is 0.258 e. The second-order valence-corrected chi connectivity index (χ2v) is 5.76. The SMILES string of the molecule is O=C(c1cnccc1F)N(Cc1ccccc1)C1CCNCC1. The molecule has 0 atom stereocenters. The van der Waals surface area contributed by atoms with E-state index in [4.69, 9.17) is 0 Å². The number of hydrogen-bond acceptors (Lipinski definition) is 3. The Hall–Kier alpha value is -2.27. The summed E-state index contributed by atoms with van der Waals surface area (Å²) in [6, 6.07) is 11.2. The summed E-state index contributed by atoms with van der Waals surface area (Å²) in [6.45, 7) is 2.23. The molecule has 0 saturated carbocycles. The van der Waals surface area contributed by atoms with Crippen LogP contribution in [-0.2, 0) is 6.54 Å². The predicted molar refractivity (Wildman–Crippen MR) is 86.4 cm³/mol. The van der Waals surface area contributed by atoms with Crippen LogP contribution in [0, 0.1) is 5.82 Å². The summed E-state index contributed by atoms with van der Waals surface area (Å²) in [4.78, 5) is 18.6. The number of hydrogen-bond donors (Lipinski definition) is 1. The molecule has 1 aliphatic rings. The van der Waals surface area contributed by atoms with Crippen LogP contribution in [0.2, 0.25) is 0 Å². The molecule has 1 aliphatic heterocycles. The lowest BCUT2D eigenvalue weighted by Gasteiger charge is -2.35. The van der Waals surface area contributed by atoms with E-state index >= 15 is 0 Å². The number of aromatic nitrogens is 1. The number of pyridine rings is 1. The van der Waals surface area contributed by atoms with E-state index in [0.717, 1.165) is 31.5 Å². The third-order valence-corrected chi connectivity index (χ3v) is 4.20. The zero-order chi connectivity index (χ0) is 16.1. The number of carbonyl (C=O) groups is 1. The van der Waals surface area contributed by atoms with Gasteiger partial charge in [-0.3, -0.25) is 9.78 Å². The van der Waals surface area contributed by atoms with Gasteiger partial charge in [-0.05, 0) is 37.6 Å². The van der Waals surface area contributed by atoms with Crippen LogP contribution in [0.4, 0.5) is 4.39 Å². The molecule has 0 spiro atoms. The third-order valence-electron chi connectivity index (χ3n) is 4.20. The Bertz CT molecular complexity index is 656. The topological polar surface area (TPSA) is 45.2 Å². The van der Waals surface area contributed by atoms with Crippen molar-refractivity contribution in [3.8, 4) is 0 Å². The number of piperidine rings is 1. The Balaban J connectivity index is 1.87. The monoisotopic (exact) mass is 313 g/mol. The van der Waals surface area contributed by atoms with E-state index in [1.807, 2.05) is 30.3 Å². The van der Waals surface area contributed by atoms with Crippen molar-refractivity contribution in [3.05, 3.63) is 65.7 Å². The van der Waals surface area contributed by atoms with E-state index in [9.17, 15) is 9.18 Å². The Morgan fingerprint density at radius 3 is 2.65 bits per heavy atom. The number of amides is 1. The molecule has 1 N–H and O–H groups in total. The molecule has 0 radical (unpaired) electrons. The zero-order valence-electron chi connectivity index (χ0n) is 12.9. The van der Waals surface area contributed by atoms with Gasteiger partial charge in [0.25, 0.3) is 5.91 Å². The fraction of sp³-hybridized carbons (Fsp3) is 0.333. The molecular weight excluding hydrogens is 293 g/mol. The first-order valence-corrected chi connectivity index (χ1v) is 7.91. The van der Waals surface area contributed by atoms with Crippen LogP contribution in [0.25, 0.3) is 0 Å². The molecule has 1 aromatic heterocycles. The fourth-order valence-electron chi connectivity index (χ4n) is 2.95. The van der Waals surface area contributed by atoms with E-state index < -0.39 is 5.82 Å². The van der Waals surface area contributed by atoms with Crippen LogP contribution in [0.3, 0.4) is 0 Å². The van der Waals surface area contributed by atoms with Crippen LogP contribution in [0.1, 0.15) is 28.8 Å². The molecule has 2 aromatic rings. The Morgan fingerprint density at radius 1 is 1.22 bits per heavy atom. The van der Waals surface area contributed by atoms with Crippen LogP contribution in [0.15, 0.2) is 48.8 Å². The van der Waals surface area contributed by atoms with Gasteiger partial charge in [-0.2, -0.15) is 0 Å². The highest BCUT2D eigenvalue weighted by molar-refractivity contribution is 5.94. The molecule has 5 heteroatoms. The molecule has 1 amide bonds. The summed E-state index contributed by atoms with van der Waals surface area (Å²) < 4.78 is 14.0. The number of nitrogens with one attached hydrogen (secondary N) is 1. The van der Waals surface area contributed by atoms with E-state index in [2.05, 4.69) is 10.3 Å². The molecule has 0 unspecified atom stereocenters. The van der Waals surface area contributed by atoms with Crippen molar-refractivity contribution < 1.29 is 9.18 Å². The van der Waals surface area contributed by atoms with Crippen molar-refractivity contribution in [2.75, 3.05) is 13.1 Å². The molecular formula is C18H20FN3O. The van der Waals surface area contributed by atoms with Crippen molar-refractivity contribution >= 4 is 5.91 Å². The number of nitrogens with zero attached hydrogens (tertiary/aromatic N) is 2. The second-order valence-electron chi connectivity index (χ2n) is 5.76. The average molecular weight is 313 g/mol. The molecule has 0 aliphatic carbocycles. The molecule has 3 rings (SSSR count). The van der Waals surface area contributed by atoms with Gasteiger partial charge in [0.15, 0.2) is 0 Å². The molecule has 0 bridgehead atoms. The molecule has 4 nitrogen and oxygen atoms in total. The van der Waals surface area contributed by atoms with Gasteiger partial charge >= 0.3 is 0 Å². The minimum Gasteiger partial charge on any atom is -0.331 e. The van der Waals surface area contributed by atoms with Gasteiger partial charge < -0.3 is 10.2 Å². The van der Waals surface area contributed by atoms with Gasteiger partial charge in [-0.25, -0.2) is 4.39 Å². The van der Waals surface area contributed by atoms with Crippen LogP contribution in [0.5, 0.6) is 0 Å². The van der Waals surface area contributed by atoms with E-state index in [-0.39, 0.29) is 17.5 Å². The summed E-state index contributed by atoms with van der Waals surface area (Å²) in [7, 11) is 0. The lowest BCUT2D eigenvalue weighted by atomic mass is 10.0. The van der Waals surface area contributed by atoms with Crippen LogP contribution >= 0.6 is 0 Å². The summed E-state index contributed by atoms with van der Waals surface area (Å²) in [5.74, 6) is -0.802. The fourth-order valence-corrected chi connectivity index (χ4v) is 2.95. The Morgan fingerprint density at radius 2 is 1.96 bits per heavy atom. The molecule has 1 saturated heterocycles. The number of halogens is 1. The highest BCUT2D eigenvalue weighted by Crippen LogP contribution is 2.20. The maximum atomic E-state index is 14.0. The molecule has 120 valence electrons. The van der Waals surface area contributed by atoms with Gasteiger partial charge in [0.05, 0.1) is 5.56 Å². The smallest absolute Gasteiger partial charge is 0.258 e. The first-order chi connectivity index (χ1) is 11.3. The highest BCUT2D eigenvalue weighted by atomic mass is 19.1. The van der Waals surface area contributed by atoms with Gasteiger partial charge in [-0.1, -0.05) is 30.3 Å². The number of rotatable bonds is 4.